The fourth-order valence-corrected chi connectivity index (χ4v) is 4.00. The van der Waals surface area contributed by atoms with Crippen molar-refractivity contribution < 1.29 is 14.3 Å². The molecule has 168 valence electrons. The number of aryl methyl sites for hydroxylation is 1. The minimum Gasteiger partial charge on any atom is -0.494 e. The molecular formula is C25H29N3O4. The summed E-state index contributed by atoms with van der Waals surface area (Å²) in [7, 11) is 0. The monoisotopic (exact) mass is 435 g/mol. The number of amides is 1. The van der Waals surface area contributed by atoms with Gasteiger partial charge in [-0.25, -0.2) is 4.98 Å². The van der Waals surface area contributed by atoms with Gasteiger partial charge >= 0.3 is 0 Å². The van der Waals surface area contributed by atoms with E-state index in [0.717, 1.165) is 49.2 Å². The van der Waals surface area contributed by atoms with E-state index in [-0.39, 0.29) is 23.3 Å². The molecule has 1 N–H and O–H groups in total. The highest BCUT2D eigenvalue weighted by atomic mass is 16.5. The van der Waals surface area contributed by atoms with Crippen molar-refractivity contribution in [3.63, 3.8) is 0 Å². The van der Waals surface area contributed by atoms with E-state index in [1.807, 2.05) is 37.3 Å². The zero-order valence-electron chi connectivity index (χ0n) is 18.5. The number of rotatable bonds is 7. The summed E-state index contributed by atoms with van der Waals surface area (Å²) < 4.78 is 13.3. The zero-order chi connectivity index (χ0) is 22.5. The Morgan fingerprint density at radius 3 is 2.66 bits per heavy atom. The van der Waals surface area contributed by atoms with Crippen molar-refractivity contribution in [3.05, 3.63) is 70.3 Å². The summed E-state index contributed by atoms with van der Waals surface area (Å²) in [5.74, 6) is 1.14. The third kappa shape index (κ3) is 4.93. The van der Waals surface area contributed by atoms with Gasteiger partial charge in [-0.05, 0) is 68.5 Å². The van der Waals surface area contributed by atoms with Gasteiger partial charge in [0.05, 0.1) is 12.6 Å². The number of fused-ring (bicyclic) bond motifs is 1. The predicted octanol–water partition coefficient (Wildman–Crippen LogP) is 3.91. The fourth-order valence-electron chi connectivity index (χ4n) is 4.00. The molecule has 2 aromatic heterocycles. The summed E-state index contributed by atoms with van der Waals surface area (Å²) in [6.07, 6.45) is 7.53. The van der Waals surface area contributed by atoms with Crippen LogP contribution >= 0.6 is 0 Å². The quantitative estimate of drug-likeness (QED) is 0.608. The van der Waals surface area contributed by atoms with Crippen LogP contribution < -0.4 is 20.3 Å². The van der Waals surface area contributed by atoms with Crippen molar-refractivity contribution in [2.75, 3.05) is 6.61 Å². The van der Waals surface area contributed by atoms with Crippen LogP contribution in [-0.2, 0) is 0 Å². The SMILES string of the molecule is CCCOc1ccc(O[C@@H]2CCCC[C@@H]2NC(=O)c2cnc3ccc(C)cn3c2=O)cc1. The van der Waals surface area contributed by atoms with Crippen molar-refractivity contribution in [2.24, 2.45) is 0 Å². The number of hydrogen-bond donors (Lipinski definition) is 1. The minimum absolute atomic E-state index is 0.0369. The molecule has 0 unspecified atom stereocenters. The Hall–Kier alpha value is -3.35. The molecule has 1 aliphatic rings. The highest BCUT2D eigenvalue weighted by Crippen LogP contribution is 2.26. The Kier molecular flexibility index (Phi) is 6.73. The fraction of sp³-hybridized carbons (Fsp3) is 0.400. The van der Waals surface area contributed by atoms with Crippen molar-refractivity contribution in [1.29, 1.82) is 0 Å². The molecule has 3 aromatic rings. The van der Waals surface area contributed by atoms with Gasteiger partial charge in [0, 0.05) is 12.4 Å². The van der Waals surface area contributed by atoms with Crippen LogP contribution in [0.15, 0.2) is 53.6 Å². The maximum atomic E-state index is 13.0. The normalized spacial score (nSPS) is 18.3. The molecule has 0 spiro atoms. The molecule has 0 radical (unpaired) electrons. The van der Waals surface area contributed by atoms with Crippen molar-refractivity contribution in [2.45, 2.75) is 58.1 Å². The Balaban J connectivity index is 1.47. The molecule has 1 saturated carbocycles. The summed E-state index contributed by atoms with van der Waals surface area (Å²) in [6, 6.07) is 11.0. The van der Waals surface area contributed by atoms with Gasteiger partial charge in [-0.1, -0.05) is 19.4 Å². The van der Waals surface area contributed by atoms with Crippen LogP contribution in [0.25, 0.3) is 5.65 Å². The van der Waals surface area contributed by atoms with Gasteiger partial charge in [0.2, 0.25) is 0 Å². The Morgan fingerprint density at radius 1 is 1.12 bits per heavy atom. The second-order valence-corrected chi connectivity index (χ2v) is 8.25. The van der Waals surface area contributed by atoms with Crippen molar-refractivity contribution in [1.82, 2.24) is 14.7 Å². The van der Waals surface area contributed by atoms with Crippen LogP contribution in [0.4, 0.5) is 0 Å². The maximum Gasteiger partial charge on any atom is 0.270 e. The molecule has 2 atom stereocenters. The zero-order valence-corrected chi connectivity index (χ0v) is 18.5. The lowest BCUT2D eigenvalue weighted by molar-refractivity contribution is 0.0796. The van der Waals surface area contributed by atoms with E-state index in [0.29, 0.717) is 12.3 Å². The number of carbonyl (C=O) groups excluding carboxylic acids is 1. The molecule has 7 nitrogen and oxygen atoms in total. The number of carbonyl (C=O) groups is 1. The smallest absolute Gasteiger partial charge is 0.270 e. The van der Waals surface area contributed by atoms with Gasteiger partial charge in [0.15, 0.2) is 0 Å². The van der Waals surface area contributed by atoms with E-state index >= 15 is 0 Å². The molecule has 0 aliphatic heterocycles. The third-order valence-electron chi connectivity index (χ3n) is 5.70. The van der Waals surface area contributed by atoms with Crippen LogP contribution in [0.3, 0.4) is 0 Å². The average molecular weight is 436 g/mol. The number of nitrogens with one attached hydrogen (secondary N) is 1. The Labute approximate surface area is 187 Å². The Morgan fingerprint density at radius 2 is 1.88 bits per heavy atom. The second kappa shape index (κ2) is 9.85. The van der Waals surface area contributed by atoms with E-state index in [4.69, 9.17) is 9.47 Å². The van der Waals surface area contributed by atoms with Crippen LogP contribution in [-0.4, -0.2) is 34.0 Å². The highest BCUT2D eigenvalue weighted by Gasteiger charge is 2.29. The lowest BCUT2D eigenvalue weighted by atomic mass is 9.92. The first-order valence-corrected chi connectivity index (χ1v) is 11.2. The molecule has 4 rings (SSSR count). The first kappa shape index (κ1) is 21.9. The number of nitrogens with zero attached hydrogens (tertiary/aromatic N) is 2. The number of hydrogen-bond acceptors (Lipinski definition) is 5. The van der Waals surface area contributed by atoms with E-state index in [1.54, 1.807) is 12.3 Å². The van der Waals surface area contributed by atoms with Crippen LogP contribution in [0.5, 0.6) is 11.5 Å². The highest BCUT2D eigenvalue weighted by molar-refractivity contribution is 5.94. The van der Waals surface area contributed by atoms with E-state index < -0.39 is 5.91 Å². The van der Waals surface area contributed by atoms with E-state index in [2.05, 4.69) is 17.2 Å². The van der Waals surface area contributed by atoms with Gasteiger partial charge in [-0.3, -0.25) is 14.0 Å². The number of ether oxygens (including phenoxy) is 2. The molecule has 7 heteroatoms. The Bertz CT molecular complexity index is 1140. The van der Waals surface area contributed by atoms with E-state index in [9.17, 15) is 9.59 Å². The summed E-state index contributed by atoms with van der Waals surface area (Å²) in [5.41, 5.74) is 1.11. The molecule has 1 amide bonds. The lowest BCUT2D eigenvalue weighted by Gasteiger charge is -2.32. The molecule has 1 fully saturated rings. The minimum atomic E-state index is -0.415. The molecule has 1 aromatic carbocycles. The van der Waals surface area contributed by atoms with Gasteiger partial charge in [0.25, 0.3) is 11.5 Å². The van der Waals surface area contributed by atoms with Gasteiger partial charge in [0.1, 0.15) is 28.8 Å². The number of benzene rings is 1. The molecule has 1 aliphatic carbocycles. The average Bonchev–Trinajstić information content (AvgIpc) is 2.80. The van der Waals surface area contributed by atoms with Gasteiger partial charge < -0.3 is 14.8 Å². The van der Waals surface area contributed by atoms with E-state index in [1.165, 1.54) is 10.6 Å². The third-order valence-corrected chi connectivity index (χ3v) is 5.70. The standard InChI is InChI=1S/C25H29N3O4/c1-3-14-31-18-9-11-19(12-10-18)32-22-7-5-4-6-21(22)27-24(29)20-15-26-23-13-8-17(2)16-28(23)25(20)30/h8-13,15-16,21-22H,3-7,14H2,1-2H3,(H,27,29)/t21-,22+/m0/s1. The summed E-state index contributed by atoms with van der Waals surface area (Å²) in [5, 5.41) is 3.02. The van der Waals surface area contributed by atoms with Crippen LogP contribution in [0.2, 0.25) is 0 Å². The molecule has 2 heterocycles. The summed E-state index contributed by atoms with van der Waals surface area (Å²) in [4.78, 5) is 30.1. The molecule has 0 bridgehead atoms. The maximum absolute atomic E-state index is 13.0. The lowest BCUT2D eigenvalue weighted by Crippen LogP contribution is -2.48. The topological polar surface area (TPSA) is 81.9 Å². The van der Waals surface area contributed by atoms with Crippen LogP contribution in [0.1, 0.15) is 54.9 Å². The molecular weight excluding hydrogens is 406 g/mol. The summed E-state index contributed by atoms with van der Waals surface area (Å²) in [6.45, 7) is 4.64. The summed E-state index contributed by atoms with van der Waals surface area (Å²) >= 11 is 0. The van der Waals surface area contributed by atoms with Crippen molar-refractivity contribution >= 4 is 11.6 Å². The number of pyridine rings is 1. The first-order chi connectivity index (χ1) is 15.5. The predicted molar refractivity (Wildman–Crippen MR) is 123 cm³/mol. The van der Waals surface area contributed by atoms with Gasteiger partial charge in [-0.2, -0.15) is 0 Å². The second-order valence-electron chi connectivity index (χ2n) is 8.25. The largest absolute Gasteiger partial charge is 0.494 e. The van der Waals surface area contributed by atoms with Gasteiger partial charge in [-0.15, -0.1) is 0 Å². The first-order valence-electron chi connectivity index (χ1n) is 11.2. The van der Waals surface area contributed by atoms with Crippen molar-refractivity contribution in [3.8, 4) is 11.5 Å². The van der Waals surface area contributed by atoms with Crippen LogP contribution in [0, 0.1) is 6.92 Å². The molecule has 32 heavy (non-hydrogen) atoms. The molecule has 0 saturated heterocycles. The number of aromatic nitrogens is 2.